The highest BCUT2D eigenvalue weighted by atomic mass is 35.5. The maximum Gasteiger partial charge on any atom is 0.326 e. The lowest BCUT2D eigenvalue weighted by Crippen LogP contribution is -2.55. The van der Waals surface area contributed by atoms with Crippen LogP contribution < -0.4 is 10.6 Å². The maximum atomic E-state index is 13.4. The molecule has 0 saturated heterocycles. The molecule has 176 valence electrons. The number of aliphatic carboxylic acids is 2. The summed E-state index contributed by atoms with van der Waals surface area (Å²) in [5.74, 6) is -4.15. The number of carboxylic acids is 2. The lowest BCUT2D eigenvalue weighted by Gasteiger charge is -2.28. The highest BCUT2D eigenvalue weighted by Crippen LogP contribution is 2.25. The van der Waals surface area contributed by atoms with Gasteiger partial charge in [-0.05, 0) is 43.5 Å². The molecule has 8 nitrogen and oxygen atoms in total. The molecule has 0 bridgehead atoms. The second-order valence-corrected chi connectivity index (χ2v) is 8.54. The summed E-state index contributed by atoms with van der Waals surface area (Å²) in [6.45, 7) is 3.23. The van der Waals surface area contributed by atoms with Crippen LogP contribution in [0, 0.1) is 0 Å². The van der Waals surface area contributed by atoms with Gasteiger partial charge in [0.15, 0.2) is 1.41 Å². The molecule has 0 heterocycles. The predicted octanol–water partition coefficient (Wildman–Crippen LogP) is 2.78. The lowest BCUT2D eigenvalue weighted by atomic mass is 9.83. The lowest BCUT2D eigenvalue weighted by molar-refractivity contribution is -0.143. The Bertz CT molecular complexity index is 1030. The molecule has 0 aliphatic rings. The van der Waals surface area contributed by atoms with Gasteiger partial charge in [0.2, 0.25) is 11.8 Å². The zero-order valence-electron chi connectivity index (χ0n) is 19.3. The van der Waals surface area contributed by atoms with E-state index >= 15 is 0 Å². The summed E-state index contributed by atoms with van der Waals surface area (Å²) in [7, 11) is 0. The van der Waals surface area contributed by atoms with E-state index in [0.717, 1.165) is 0 Å². The van der Waals surface area contributed by atoms with E-state index in [0.29, 0.717) is 21.5 Å². The van der Waals surface area contributed by atoms with Crippen LogP contribution >= 0.6 is 11.6 Å². The van der Waals surface area contributed by atoms with Crippen LogP contribution in [0.4, 0.5) is 0 Å². The minimum Gasteiger partial charge on any atom is -0.481 e. The van der Waals surface area contributed by atoms with Crippen molar-refractivity contribution >= 4 is 35.4 Å². The highest BCUT2D eigenvalue weighted by molar-refractivity contribution is 6.30. The first-order valence-corrected chi connectivity index (χ1v) is 10.7. The third-order valence-corrected chi connectivity index (χ3v) is 5.46. The summed E-state index contributed by atoms with van der Waals surface area (Å²) >= 11 is 5.94. The molecule has 0 aromatic heterocycles. The monoisotopic (exact) mass is 475 g/mol. The Morgan fingerprint density at radius 2 is 1.61 bits per heavy atom. The van der Waals surface area contributed by atoms with Gasteiger partial charge in [0.05, 0.1) is 5.41 Å². The number of carboxylic acid groups (broad SMARTS) is 2. The fourth-order valence-corrected chi connectivity index (χ4v) is 3.25. The Morgan fingerprint density at radius 3 is 2.15 bits per heavy atom. The number of benzene rings is 2. The molecular formula is C24H27ClN2O6. The molecule has 0 unspecified atom stereocenters. The largest absolute Gasteiger partial charge is 0.481 e. The fourth-order valence-electron chi connectivity index (χ4n) is 3.12. The SMILES string of the molecule is [2H]N(C(=O)C(C)(C)c1ccc(Cl)cc1)[C@@H](Cc1ccccc1)C(=O)N[C@@H](CCC(=O)O)C(=O)O. The Kier molecular flexibility index (Phi) is 8.43. The molecule has 0 aliphatic heterocycles. The van der Waals surface area contributed by atoms with Gasteiger partial charge < -0.3 is 20.8 Å². The third kappa shape index (κ3) is 7.61. The molecule has 0 aliphatic carbocycles. The van der Waals surface area contributed by atoms with Crippen LogP contribution in [0.15, 0.2) is 54.6 Å². The summed E-state index contributed by atoms with van der Waals surface area (Å²) in [6.07, 6.45) is -0.839. The first-order valence-electron chi connectivity index (χ1n) is 10.8. The van der Waals surface area contributed by atoms with Crippen molar-refractivity contribution < 1.29 is 30.8 Å². The number of rotatable bonds is 11. The van der Waals surface area contributed by atoms with Gasteiger partial charge in [-0.3, -0.25) is 14.4 Å². The van der Waals surface area contributed by atoms with Crippen LogP contribution in [-0.4, -0.2) is 46.0 Å². The number of halogens is 1. The fraction of sp³-hybridized carbons (Fsp3) is 0.333. The van der Waals surface area contributed by atoms with Crippen molar-refractivity contribution in [2.24, 2.45) is 0 Å². The topological polar surface area (TPSA) is 133 Å². The van der Waals surface area contributed by atoms with Crippen LogP contribution in [-0.2, 0) is 31.0 Å². The van der Waals surface area contributed by atoms with E-state index < -0.39 is 47.7 Å². The molecule has 9 heteroatoms. The molecule has 2 aromatic rings. The van der Waals surface area contributed by atoms with Crippen LogP contribution in [0.2, 0.25) is 6.43 Å². The van der Waals surface area contributed by atoms with Gasteiger partial charge >= 0.3 is 11.9 Å². The van der Waals surface area contributed by atoms with Gasteiger partial charge in [0.25, 0.3) is 0 Å². The van der Waals surface area contributed by atoms with E-state index in [1.807, 2.05) is 0 Å². The molecule has 2 aromatic carbocycles. The van der Waals surface area contributed by atoms with Crippen LogP contribution in [0.3, 0.4) is 0 Å². The van der Waals surface area contributed by atoms with Gasteiger partial charge in [-0.15, -0.1) is 0 Å². The van der Waals surface area contributed by atoms with Gasteiger partial charge in [-0.25, -0.2) is 4.79 Å². The minimum absolute atomic E-state index is 0.0378. The van der Waals surface area contributed by atoms with Gasteiger partial charge in [-0.1, -0.05) is 54.1 Å². The van der Waals surface area contributed by atoms with E-state index in [-0.39, 0.29) is 12.8 Å². The van der Waals surface area contributed by atoms with Crippen molar-refractivity contribution in [3.8, 4) is 0 Å². The van der Waals surface area contributed by atoms with Gasteiger partial charge in [-0.2, -0.15) is 0 Å². The molecule has 0 fully saturated rings. The van der Waals surface area contributed by atoms with Gasteiger partial charge in [0, 0.05) is 17.9 Å². The summed E-state index contributed by atoms with van der Waals surface area (Å²) < 4.78 is 8.54. The molecule has 0 saturated carbocycles. The van der Waals surface area contributed by atoms with E-state index in [2.05, 4.69) is 5.32 Å². The summed E-state index contributed by atoms with van der Waals surface area (Å²) in [4.78, 5) is 48.9. The zero-order valence-corrected chi connectivity index (χ0v) is 19.1. The highest BCUT2D eigenvalue weighted by Gasteiger charge is 2.34. The minimum atomic E-state index is -1.48. The van der Waals surface area contributed by atoms with E-state index in [4.69, 9.17) is 18.1 Å². The van der Waals surface area contributed by atoms with Crippen LogP contribution in [0.1, 0.15) is 37.8 Å². The van der Waals surface area contributed by atoms with Crippen molar-refractivity contribution in [2.45, 2.75) is 50.6 Å². The number of hydrogen-bond acceptors (Lipinski definition) is 4. The number of amides is 2. The molecular weight excluding hydrogens is 448 g/mol. The first kappa shape index (κ1) is 24.3. The van der Waals surface area contributed by atoms with Crippen molar-refractivity contribution in [1.82, 2.24) is 10.6 Å². The molecule has 4 N–H and O–H groups in total. The van der Waals surface area contributed by atoms with Crippen LogP contribution in [0.25, 0.3) is 0 Å². The quantitative estimate of drug-likeness (QED) is 0.395. The Balaban J connectivity index is 2.33. The number of hydrogen-bond donors (Lipinski definition) is 4. The second kappa shape index (κ2) is 11.5. The third-order valence-electron chi connectivity index (χ3n) is 5.21. The molecule has 0 radical (unpaired) electrons. The summed E-state index contributed by atoms with van der Waals surface area (Å²) in [5.41, 5.74) is 0.0640. The Hall–Kier alpha value is -3.39. The molecule has 0 spiro atoms. The maximum absolute atomic E-state index is 13.4. The standard InChI is InChI=1S/C24H27ClN2O6/c1-24(2,16-8-10-17(25)11-9-16)23(33)27-19(14-15-6-4-3-5-7-15)21(30)26-18(22(31)32)12-13-20(28)29/h3-11,18-19H,12-14H2,1-2H3,(H,26,30)(H,27,33)(H,28,29)(H,31,32)/t18-,19-/m0/s1/i/hD. The van der Waals surface area contributed by atoms with Crippen molar-refractivity contribution in [1.29, 1.82) is 0 Å². The zero-order chi connectivity index (χ0) is 25.5. The van der Waals surface area contributed by atoms with Gasteiger partial charge in [0.1, 0.15) is 12.1 Å². The van der Waals surface area contributed by atoms with Crippen molar-refractivity contribution in [3.05, 3.63) is 70.7 Å². The summed E-state index contributed by atoms with van der Waals surface area (Å²) in [6, 6.07) is 12.4. The molecule has 2 atom stereocenters. The normalized spacial score (nSPS) is 13.4. The second-order valence-electron chi connectivity index (χ2n) is 8.10. The predicted molar refractivity (Wildman–Crippen MR) is 123 cm³/mol. The number of carbonyl (C=O) groups is 4. The van der Waals surface area contributed by atoms with E-state index in [1.54, 1.807) is 68.4 Å². The summed E-state index contributed by atoms with van der Waals surface area (Å²) in [5, 5.41) is 21.6. The smallest absolute Gasteiger partial charge is 0.326 e. The van der Waals surface area contributed by atoms with E-state index in [1.165, 1.54) is 0 Å². The Labute approximate surface area is 198 Å². The number of carbonyl (C=O) groups excluding carboxylic acids is 2. The van der Waals surface area contributed by atoms with Crippen molar-refractivity contribution in [2.75, 3.05) is 0 Å². The molecule has 2 amide bonds. The molecule has 33 heavy (non-hydrogen) atoms. The molecule has 2 rings (SSSR count). The average molecular weight is 476 g/mol. The van der Waals surface area contributed by atoms with Crippen LogP contribution in [0.5, 0.6) is 0 Å². The Morgan fingerprint density at radius 1 is 1.00 bits per heavy atom. The number of nitrogens with one attached hydrogen (secondary N) is 2. The average Bonchev–Trinajstić information content (AvgIpc) is 2.79. The van der Waals surface area contributed by atoms with Crippen molar-refractivity contribution in [3.63, 3.8) is 0 Å². The first-order chi connectivity index (χ1) is 15.9. The van der Waals surface area contributed by atoms with E-state index in [9.17, 15) is 24.3 Å².